The van der Waals surface area contributed by atoms with Crippen molar-refractivity contribution < 1.29 is 28.5 Å². The minimum atomic E-state index is -0.0466. The fourth-order valence-electron chi connectivity index (χ4n) is 6.42. The highest BCUT2D eigenvalue weighted by atomic mass is 16.5. The Bertz CT molecular complexity index is 1120. The van der Waals surface area contributed by atoms with Crippen molar-refractivity contribution in [2.75, 3.05) is 78.3 Å². The van der Waals surface area contributed by atoms with Crippen LogP contribution < -0.4 is 25.0 Å². The van der Waals surface area contributed by atoms with E-state index in [2.05, 4.69) is 45.9 Å². The van der Waals surface area contributed by atoms with E-state index in [0.717, 1.165) is 88.0 Å². The third kappa shape index (κ3) is 8.16. The zero-order valence-corrected chi connectivity index (χ0v) is 25.1. The molecule has 2 fully saturated rings. The smallest absolute Gasteiger partial charge is 0.220 e. The van der Waals surface area contributed by atoms with E-state index in [1.165, 1.54) is 5.56 Å². The molecule has 0 spiro atoms. The van der Waals surface area contributed by atoms with Gasteiger partial charge in [0.1, 0.15) is 18.1 Å². The lowest BCUT2D eigenvalue weighted by atomic mass is 9.79. The Morgan fingerprint density at radius 2 is 1.90 bits per heavy atom. The monoisotopic (exact) mass is 581 g/mol. The average Bonchev–Trinajstić information content (AvgIpc) is 3.03. The maximum Gasteiger partial charge on any atom is 0.220 e. The molecule has 1 amide bonds. The quantitative estimate of drug-likeness (QED) is 0.346. The molecule has 2 saturated heterocycles. The summed E-state index contributed by atoms with van der Waals surface area (Å²) in [5.41, 5.74) is 3.45. The van der Waals surface area contributed by atoms with Gasteiger partial charge in [0.25, 0.3) is 0 Å². The molecule has 230 valence electrons. The number of rotatable bonds is 13. The molecule has 5 rings (SSSR count). The van der Waals surface area contributed by atoms with Crippen LogP contribution in [0.5, 0.6) is 11.5 Å². The van der Waals surface area contributed by atoms with Crippen LogP contribution in [-0.2, 0) is 25.6 Å². The molecule has 0 saturated carbocycles. The Morgan fingerprint density at radius 3 is 2.69 bits per heavy atom. The maximum atomic E-state index is 12.9. The molecule has 42 heavy (non-hydrogen) atoms. The van der Waals surface area contributed by atoms with Crippen molar-refractivity contribution in [1.29, 1.82) is 0 Å². The molecule has 2 N–H and O–H groups in total. The molecule has 9 heteroatoms. The first kappa shape index (κ1) is 30.6. The number of methoxy groups -OCH3 is 2. The Balaban J connectivity index is 1.26. The molecular formula is C33H47N3O6. The standard InChI is InChI=1S/C33H47N3O6/c1-38-14-3-12-36-13-17-41-30-9-4-25(18-29(30)36)23-42-31-22-34-20-27(33(31)26-5-7-28(39-2)8-6-26)21-35-32(37)19-24-10-15-40-16-11-24/h4-9,18,24,27,31,33-34H,3,10-17,19-23H2,1-2H3,(H,35,37)/t27-,31-,33?/m0/s1. The molecule has 2 aromatic carbocycles. The van der Waals surface area contributed by atoms with E-state index in [-0.39, 0.29) is 23.8 Å². The van der Waals surface area contributed by atoms with Gasteiger partial charge in [0.2, 0.25) is 5.91 Å². The fourth-order valence-corrected chi connectivity index (χ4v) is 6.42. The molecule has 3 aliphatic rings. The van der Waals surface area contributed by atoms with Crippen LogP contribution in [0.3, 0.4) is 0 Å². The van der Waals surface area contributed by atoms with Gasteiger partial charge in [0.15, 0.2) is 0 Å². The number of piperidine rings is 1. The van der Waals surface area contributed by atoms with Crippen LogP contribution in [0.25, 0.3) is 0 Å². The van der Waals surface area contributed by atoms with Crippen LogP contribution in [0, 0.1) is 11.8 Å². The molecule has 0 radical (unpaired) electrons. The van der Waals surface area contributed by atoms with Gasteiger partial charge in [-0.05, 0) is 66.5 Å². The normalized spacial score (nSPS) is 22.7. The van der Waals surface area contributed by atoms with Gasteiger partial charge in [0, 0.05) is 65.4 Å². The fraction of sp³-hybridized carbons (Fsp3) is 0.606. The first-order chi connectivity index (χ1) is 20.6. The summed E-state index contributed by atoms with van der Waals surface area (Å²) < 4.78 is 28.8. The van der Waals surface area contributed by atoms with E-state index in [0.29, 0.717) is 32.1 Å². The van der Waals surface area contributed by atoms with Gasteiger partial charge in [0.05, 0.1) is 32.1 Å². The van der Waals surface area contributed by atoms with Crippen molar-refractivity contribution in [3.05, 3.63) is 53.6 Å². The lowest BCUT2D eigenvalue weighted by molar-refractivity contribution is -0.123. The number of anilines is 1. The summed E-state index contributed by atoms with van der Waals surface area (Å²) in [5, 5.41) is 6.82. The molecule has 3 heterocycles. The molecular weight excluding hydrogens is 534 g/mol. The van der Waals surface area contributed by atoms with Crippen molar-refractivity contribution in [2.45, 2.75) is 44.3 Å². The van der Waals surface area contributed by atoms with Crippen LogP contribution in [0.15, 0.2) is 42.5 Å². The van der Waals surface area contributed by atoms with Gasteiger partial charge in [-0.1, -0.05) is 18.2 Å². The minimum Gasteiger partial charge on any atom is -0.497 e. The zero-order chi connectivity index (χ0) is 29.1. The van der Waals surface area contributed by atoms with Gasteiger partial charge < -0.3 is 39.2 Å². The summed E-state index contributed by atoms with van der Waals surface area (Å²) in [7, 11) is 3.43. The van der Waals surface area contributed by atoms with Gasteiger partial charge >= 0.3 is 0 Å². The molecule has 3 aliphatic heterocycles. The first-order valence-electron chi connectivity index (χ1n) is 15.4. The number of carbonyl (C=O) groups is 1. The third-order valence-electron chi connectivity index (χ3n) is 8.76. The van der Waals surface area contributed by atoms with Crippen LogP contribution in [0.2, 0.25) is 0 Å². The number of amides is 1. The highest BCUT2D eigenvalue weighted by Gasteiger charge is 2.35. The average molecular weight is 582 g/mol. The number of benzene rings is 2. The number of nitrogens with zero attached hydrogens (tertiary/aromatic N) is 1. The van der Waals surface area contributed by atoms with Gasteiger partial charge in [-0.15, -0.1) is 0 Å². The topological polar surface area (TPSA) is 90.5 Å². The number of nitrogens with one attached hydrogen (secondary N) is 2. The van der Waals surface area contributed by atoms with Crippen LogP contribution in [0.4, 0.5) is 5.69 Å². The second kappa shape index (κ2) is 15.6. The van der Waals surface area contributed by atoms with Gasteiger partial charge in [-0.2, -0.15) is 0 Å². The summed E-state index contributed by atoms with van der Waals surface area (Å²) in [4.78, 5) is 15.2. The van der Waals surface area contributed by atoms with Crippen LogP contribution >= 0.6 is 0 Å². The van der Waals surface area contributed by atoms with Crippen molar-refractivity contribution in [3.8, 4) is 11.5 Å². The summed E-state index contributed by atoms with van der Waals surface area (Å²) in [6.45, 7) is 7.43. The Labute approximate surface area is 250 Å². The van der Waals surface area contributed by atoms with E-state index >= 15 is 0 Å². The first-order valence-corrected chi connectivity index (χ1v) is 15.4. The van der Waals surface area contributed by atoms with Crippen LogP contribution in [-0.4, -0.2) is 85.4 Å². The van der Waals surface area contributed by atoms with E-state index in [1.807, 2.05) is 12.1 Å². The van der Waals surface area contributed by atoms with E-state index < -0.39 is 0 Å². The van der Waals surface area contributed by atoms with Crippen molar-refractivity contribution >= 4 is 11.6 Å². The zero-order valence-electron chi connectivity index (χ0n) is 25.1. The Hall–Kier alpha value is -2.85. The van der Waals surface area contributed by atoms with Crippen LogP contribution in [0.1, 0.15) is 42.7 Å². The van der Waals surface area contributed by atoms with Gasteiger partial charge in [-0.3, -0.25) is 4.79 Å². The summed E-state index contributed by atoms with van der Waals surface area (Å²) >= 11 is 0. The van der Waals surface area contributed by atoms with E-state index in [1.54, 1.807) is 14.2 Å². The number of fused-ring (bicyclic) bond motifs is 1. The lowest BCUT2D eigenvalue weighted by Gasteiger charge is -2.39. The van der Waals surface area contributed by atoms with Crippen molar-refractivity contribution in [1.82, 2.24) is 10.6 Å². The SMILES string of the molecule is COCCCN1CCOc2ccc(CO[C@H]3CNC[C@@H](CNC(=O)CC4CCOCC4)C3c3ccc(OC)cc3)cc21. The number of carbonyl (C=O) groups excluding carboxylic acids is 1. The Kier molecular flexibility index (Phi) is 11.3. The van der Waals surface area contributed by atoms with Crippen molar-refractivity contribution in [3.63, 3.8) is 0 Å². The molecule has 0 aromatic heterocycles. The summed E-state index contributed by atoms with van der Waals surface area (Å²) in [6.07, 6.45) is 3.42. The second-order valence-electron chi connectivity index (χ2n) is 11.6. The predicted molar refractivity (Wildman–Crippen MR) is 162 cm³/mol. The molecule has 2 aromatic rings. The number of hydrogen-bond donors (Lipinski definition) is 2. The highest BCUT2D eigenvalue weighted by molar-refractivity contribution is 5.76. The van der Waals surface area contributed by atoms with Gasteiger partial charge in [-0.25, -0.2) is 0 Å². The molecule has 1 unspecified atom stereocenters. The Morgan fingerprint density at radius 1 is 1.07 bits per heavy atom. The molecule has 0 bridgehead atoms. The number of ether oxygens (including phenoxy) is 5. The van der Waals surface area contributed by atoms with E-state index in [4.69, 9.17) is 23.7 Å². The van der Waals surface area contributed by atoms with Crippen molar-refractivity contribution in [2.24, 2.45) is 11.8 Å². The molecule has 9 nitrogen and oxygen atoms in total. The third-order valence-corrected chi connectivity index (χ3v) is 8.76. The highest BCUT2D eigenvalue weighted by Crippen LogP contribution is 2.36. The lowest BCUT2D eigenvalue weighted by Crippen LogP contribution is -2.50. The summed E-state index contributed by atoms with van der Waals surface area (Å²) in [6, 6.07) is 14.7. The summed E-state index contributed by atoms with van der Waals surface area (Å²) in [5.74, 6) is 2.63. The minimum absolute atomic E-state index is 0.0466. The second-order valence-corrected chi connectivity index (χ2v) is 11.6. The van der Waals surface area contributed by atoms with E-state index in [9.17, 15) is 4.79 Å². The molecule has 0 aliphatic carbocycles. The maximum absolute atomic E-state index is 12.9. The predicted octanol–water partition coefficient (Wildman–Crippen LogP) is 3.75. The number of hydrogen-bond acceptors (Lipinski definition) is 8. The largest absolute Gasteiger partial charge is 0.497 e. The molecule has 3 atom stereocenters.